The molecule has 3 aliphatic heterocycles. The van der Waals surface area contributed by atoms with Gasteiger partial charge < -0.3 is 9.64 Å². The summed E-state index contributed by atoms with van der Waals surface area (Å²) in [6.07, 6.45) is 4.86. The Morgan fingerprint density at radius 3 is 2.72 bits per heavy atom. The second-order valence-electron chi connectivity index (χ2n) is 10.7. The van der Waals surface area contributed by atoms with Gasteiger partial charge in [-0.05, 0) is 25.7 Å². The number of aromatic amines is 1. The predicted octanol–water partition coefficient (Wildman–Crippen LogP) is 2.31. The van der Waals surface area contributed by atoms with E-state index in [2.05, 4.69) is 10.00 Å². The summed E-state index contributed by atoms with van der Waals surface area (Å²) < 4.78 is 7.13. The van der Waals surface area contributed by atoms with Crippen molar-refractivity contribution >= 4 is 11.6 Å². The van der Waals surface area contributed by atoms with Crippen LogP contribution in [0.2, 0.25) is 0 Å². The largest absolute Gasteiger partial charge is 0.381 e. The van der Waals surface area contributed by atoms with Crippen molar-refractivity contribution in [3.05, 3.63) is 33.4 Å². The highest BCUT2D eigenvalue weighted by Gasteiger charge is 2.33. The van der Waals surface area contributed by atoms with Gasteiger partial charge in [-0.25, -0.2) is 9.50 Å². The molecular weight excluding hydrogens is 406 g/mol. The molecule has 0 radical (unpaired) electrons. The number of hydrogen-bond donors (Lipinski definition) is 1. The molecule has 2 saturated heterocycles. The molecule has 8 nitrogen and oxygen atoms in total. The van der Waals surface area contributed by atoms with Crippen LogP contribution < -0.4 is 5.56 Å². The second kappa shape index (κ2) is 8.30. The Labute approximate surface area is 188 Å². The van der Waals surface area contributed by atoms with Crippen LogP contribution in [0.3, 0.4) is 0 Å². The Morgan fingerprint density at radius 1 is 1.19 bits per heavy atom. The minimum Gasteiger partial charge on any atom is -0.381 e. The third kappa shape index (κ3) is 3.99. The molecule has 3 aliphatic rings. The molecule has 1 amide bonds. The summed E-state index contributed by atoms with van der Waals surface area (Å²) in [6, 6.07) is 2.51. The van der Waals surface area contributed by atoms with Crippen molar-refractivity contribution in [2.45, 2.75) is 71.4 Å². The van der Waals surface area contributed by atoms with Gasteiger partial charge in [-0.2, -0.15) is 0 Å². The molecule has 0 spiro atoms. The molecule has 1 atom stereocenters. The number of ether oxygens (including phenoxy) is 1. The Kier molecular flexibility index (Phi) is 5.61. The molecule has 0 aliphatic carbocycles. The lowest BCUT2D eigenvalue weighted by molar-refractivity contribution is -0.140. The van der Waals surface area contributed by atoms with E-state index in [-0.39, 0.29) is 22.8 Å². The summed E-state index contributed by atoms with van der Waals surface area (Å²) >= 11 is 0. The van der Waals surface area contributed by atoms with Gasteiger partial charge in [-0.15, -0.1) is 0 Å². The van der Waals surface area contributed by atoms with Crippen molar-refractivity contribution in [1.29, 1.82) is 0 Å². The maximum absolute atomic E-state index is 13.4. The maximum atomic E-state index is 13.4. The van der Waals surface area contributed by atoms with E-state index in [4.69, 9.17) is 9.72 Å². The predicted molar refractivity (Wildman–Crippen MR) is 122 cm³/mol. The second-order valence-corrected chi connectivity index (χ2v) is 10.7. The van der Waals surface area contributed by atoms with Crippen LogP contribution in [-0.4, -0.2) is 69.2 Å². The third-order valence-corrected chi connectivity index (χ3v) is 7.31. The van der Waals surface area contributed by atoms with Crippen molar-refractivity contribution in [3.8, 4) is 0 Å². The number of carbonyl (C=O) groups is 1. The minimum absolute atomic E-state index is 0.0199. The molecule has 1 unspecified atom stereocenters. The van der Waals surface area contributed by atoms with E-state index in [1.807, 2.05) is 31.7 Å². The summed E-state index contributed by atoms with van der Waals surface area (Å²) in [6.45, 7) is 10.6. The number of aromatic nitrogens is 3. The van der Waals surface area contributed by atoms with Crippen LogP contribution in [-0.2, 0) is 22.5 Å². The monoisotopic (exact) mass is 441 g/mol. The molecule has 0 aromatic carbocycles. The lowest BCUT2D eigenvalue weighted by Crippen LogP contribution is -2.45. The number of nitrogens with one attached hydrogen (secondary N) is 1. The van der Waals surface area contributed by atoms with Gasteiger partial charge in [0.1, 0.15) is 0 Å². The average Bonchev–Trinajstić information content (AvgIpc) is 3.23. The standard InChI is InChI=1S/C24H35N5O3/c1-24(2,3)23(31)28-9-4-5-16(14-28)20-13-21-25-19-6-10-27(17-7-11-32-12-8-17)15-18(19)22(30)29(21)26-20/h13,16-17,26H,4-12,14-15H2,1-3H3. The number of likely N-dealkylation sites (tertiary alicyclic amines) is 1. The van der Waals surface area contributed by atoms with Crippen LogP contribution in [0.1, 0.15) is 69.3 Å². The van der Waals surface area contributed by atoms with Crippen molar-refractivity contribution < 1.29 is 9.53 Å². The van der Waals surface area contributed by atoms with Crippen molar-refractivity contribution in [2.75, 3.05) is 32.8 Å². The molecule has 0 saturated carbocycles. The van der Waals surface area contributed by atoms with E-state index in [1.165, 1.54) is 0 Å². The highest BCUT2D eigenvalue weighted by atomic mass is 16.5. The van der Waals surface area contributed by atoms with Gasteiger partial charge in [-0.1, -0.05) is 20.8 Å². The normalized spacial score (nSPS) is 23.5. The minimum atomic E-state index is -0.379. The summed E-state index contributed by atoms with van der Waals surface area (Å²) in [5, 5.41) is 3.34. The summed E-state index contributed by atoms with van der Waals surface area (Å²) in [5.74, 6) is 0.393. The molecule has 0 bridgehead atoms. The Balaban J connectivity index is 1.40. The van der Waals surface area contributed by atoms with E-state index in [0.717, 1.165) is 75.4 Å². The van der Waals surface area contributed by atoms with E-state index in [9.17, 15) is 9.59 Å². The Hall–Kier alpha value is -2.19. The Bertz CT molecular complexity index is 1060. The average molecular weight is 442 g/mol. The molecule has 1 N–H and O–H groups in total. The lowest BCUT2D eigenvalue weighted by atomic mass is 9.90. The van der Waals surface area contributed by atoms with Gasteiger partial charge in [0.05, 0.1) is 11.3 Å². The fourth-order valence-corrected chi connectivity index (χ4v) is 5.48. The van der Waals surface area contributed by atoms with Crippen molar-refractivity contribution in [1.82, 2.24) is 24.4 Å². The van der Waals surface area contributed by atoms with E-state index < -0.39 is 0 Å². The molecule has 174 valence electrons. The highest BCUT2D eigenvalue weighted by Crippen LogP contribution is 2.30. The molecule has 2 aromatic rings. The molecule has 2 fully saturated rings. The first-order valence-electron chi connectivity index (χ1n) is 12.1. The lowest BCUT2D eigenvalue weighted by Gasteiger charge is -2.36. The van der Waals surface area contributed by atoms with Crippen LogP contribution in [0.4, 0.5) is 0 Å². The number of amides is 1. The van der Waals surface area contributed by atoms with Gasteiger partial charge in [-0.3, -0.25) is 19.6 Å². The quantitative estimate of drug-likeness (QED) is 0.773. The smallest absolute Gasteiger partial charge is 0.277 e. The van der Waals surface area contributed by atoms with Crippen LogP contribution in [0.25, 0.3) is 5.65 Å². The number of carbonyl (C=O) groups excluding carboxylic acids is 1. The van der Waals surface area contributed by atoms with E-state index in [0.29, 0.717) is 24.8 Å². The number of nitrogens with zero attached hydrogens (tertiary/aromatic N) is 4. The maximum Gasteiger partial charge on any atom is 0.277 e. The zero-order chi connectivity index (χ0) is 22.5. The van der Waals surface area contributed by atoms with Gasteiger partial charge in [0.2, 0.25) is 5.91 Å². The summed E-state index contributed by atoms with van der Waals surface area (Å²) in [5.41, 5.74) is 3.11. The number of piperidine rings is 1. The fraction of sp³-hybridized carbons (Fsp3) is 0.708. The zero-order valence-corrected chi connectivity index (χ0v) is 19.5. The van der Waals surface area contributed by atoms with Crippen LogP contribution in [0.5, 0.6) is 0 Å². The SMILES string of the molecule is CC(C)(C)C(=O)N1CCCC(c2cc3nc4c(c(=O)n3[nH]2)CN(C2CCOCC2)CC4)C1. The topological polar surface area (TPSA) is 82.9 Å². The van der Waals surface area contributed by atoms with Crippen molar-refractivity contribution in [3.63, 3.8) is 0 Å². The molecule has 2 aromatic heterocycles. The third-order valence-electron chi connectivity index (χ3n) is 7.31. The van der Waals surface area contributed by atoms with E-state index >= 15 is 0 Å². The molecule has 5 heterocycles. The van der Waals surface area contributed by atoms with Gasteiger partial charge in [0.15, 0.2) is 5.65 Å². The van der Waals surface area contributed by atoms with E-state index in [1.54, 1.807) is 4.52 Å². The van der Waals surface area contributed by atoms with Gasteiger partial charge >= 0.3 is 0 Å². The zero-order valence-electron chi connectivity index (χ0n) is 19.5. The van der Waals surface area contributed by atoms with Gasteiger partial charge in [0.25, 0.3) is 5.56 Å². The van der Waals surface area contributed by atoms with Crippen molar-refractivity contribution in [2.24, 2.45) is 5.41 Å². The number of rotatable bonds is 2. The molecule has 5 rings (SSSR count). The first-order valence-corrected chi connectivity index (χ1v) is 12.1. The first-order chi connectivity index (χ1) is 15.3. The number of H-pyrrole nitrogens is 1. The van der Waals surface area contributed by atoms with Crippen LogP contribution in [0, 0.1) is 5.41 Å². The summed E-state index contributed by atoms with van der Waals surface area (Å²) in [4.78, 5) is 35.4. The molecule has 32 heavy (non-hydrogen) atoms. The van der Waals surface area contributed by atoms with Gasteiger partial charge in [0, 0.05) is 74.9 Å². The summed E-state index contributed by atoms with van der Waals surface area (Å²) in [7, 11) is 0. The first kappa shape index (κ1) is 21.6. The fourth-order valence-electron chi connectivity index (χ4n) is 5.48. The van der Waals surface area contributed by atoms with Crippen LogP contribution >= 0.6 is 0 Å². The van der Waals surface area contributed by atoms with Crippen LogP contribution in [0.15, 0.2) is 10.9 Å². The molecular formula is C24H35N5O3. The Morgan fingerprint density at radius 2 is 1.97 bits per heavy atom. The number of fused-ring (bicyclic) bond motifs is 2. The molecule has 8 heteroatoms. The highest BCUT2D eigenvalue weighted by molar-refractivity contribution is 5.81. The number of hydrogen-bond acceptors (Lipinski definition) is 5.